The molecule has 0 saturated heterocycles. The lowest BCUT2D eigenvalue weighted by atomic mass is 10.1. The molecule has 0 N–H and O–H groups in total. The first kappa shape index (κ1) is 9.81. The first-order valence-corrected chi connectivity index (χ1v) is 5.15. The lowest BCUT2D eigenvalue weighted by molar-refractivity contribution is 0.624. The summed E-state index contributed by atoms with van der Waals surface area (Å²) >= 11 is 1.52. The Morgan fingerprint density at radius 1 is 1.47 bits per heavy atom. The Labute approximate surface area is 90.6 Å². The van der Waals surface area contributed by atoms with Crippen LogP contribution in [0.25, 0.3) is 10.4 Å². The van der Waals surface area contributed by atoms with E-state index < -0.39 is 5.82 Å². The first-order chi connectivity index (χ1) is 7.20. The van der Waals surface area contributed by atoms with Gasteiger partial charge in [0, 0.05) is 6.20 Å². The van der Waals surface area contributed by atoms with Gasteiger partial charge in [-0.3, -0.25) is 0 Å². The summed E-state index contributed by atoms with van der Waals surface area (Å²) in [6, 6.07) is 6.33. The average Bonchev–Trinajstić information content (AvgIpc) is 2.66. The normalized spacial score (nSPS) is 9.93. The number of halogens is 1. The highest BCUT2D eigenvalue weighted by Gasteiger charge is 2.06. The van der Waals surface area contributed by atoms with E-state index >= 15 is 0 Å². The Hall–Kier alpha value is -1.73. The highest BCUT2D eigenvalue weighted by atomic mass is 32.1. The highest BCUT2D eigenvalue weighted by molar-refractivity contribution is 7.15. The zero-order valence-electron chi connectivity index (χ0n) is 7.99. The Balaban J connectivity index is 2.51. The van der Waals surface area contributed by atoms with Crippen molar-refractivity contribution < 1.29 is 4.39 Å². The molecule has 0 radical (unpaired) electrons. The van der Waals surface area contributed by atoms with Crippen LogP contribution in [-0.4, -0.2) is 4.98 Å². The van der Waals surface area contributed by atoms with Crippen molar-refractivity contribution in [1.82, 2.24) is 4.98 Å². The molecule has 0 saturated carbocycles. The molecule has 2 rings (SSSR count). The molecule has 4 heteroatoms. The molecule has 1 aromatic heterocycles. The van der Waals surface area contributed by atoms with Crippen LogP contribution >= 0.6 is 11.3 Å². The van der Waals surface area contributed by atoms with Crippen LogP contribution in [0, 0.1) is 24.1 Å². The highest BCUT2D eigenvalue weighted by Crippen LogP contribution is 2.26. The van der Waals surface area contributed by atoms with E-state index in [0.717, 1.165) is 15.4 Å². The van der Waals surface area contributed by atoms with Crippen LogP contribution in [0.1, 0.15) is 10.6 Å². The molecule has 0 unspecified atom stereocenters. The predicted molar refractivity (Wildman–Crippen MR) is 57.0 cm³/mol. The minimum Gasteiger partial charge on any atom is -0.249 e. The molecular formula is C11H7FN2S. The van der Waals surface area contributed by atoms with Gasteiger partial charge in [0.2, 0.25) is 0 Å². The maximum Gasteiger partial charge on any atom is 0.140 e. The van der Waals surface area contributed by atoms with Crippen molar-refractivity contribution in [3.05, 3.63) is 40.8 Å². The molecule has 2 aromatic rings. The summed E-state index contributed by atoms with van der Waals surface area (Å²) in [4.78, 5) is 5.06. The van der Waals surface area contributed by atoms with Crippen LogP contribution in [0.15, 0.2) is 24.4 Å². The third-order valence-corrected chi connectivity index (χ3v) is 2.95. The van der Waals surface area contributed by atoms with Crippen LogP contribution in [0.4, 0.5) is 4.39 Å². The quantitative estimate of drug-likeness (QED) is 0.737. The van der Waals surface area contributed by atoms with Crippen molar-refractivity contribution in [3.63, 3.8) is 0 Å². The van der Waals surface area contributed by atoms with E-state index in [9.17, 15) is 4.39 Å². The topological polar surface area (TPSA) is 36.7 Å². The predicted octanol–water partition coefficient (Wildman–Crippen LogP) is 3.13. The van der Waals surface area contributed by atoms with Crippen LogP contribution in [0.2, 0.25) is 0 Å². The Morgan fingerprint density at radius 3 is 2.87 bits per heavy atom. The van der Waals surface area contributed by atoms with Crippen molar-refractivity contribution in [2.75, 3.05) is 0 Å². The first-order valence-electron chi connectivity index (χ1n) is 4.33. The van der Waals surface area contributed by atoms with Gasteiger partial charge in [0.1, 0.15) is 11.9 Å². The van der Waals surface area contributed by atoms with E-state index in [0.29, 0.717) is 0 Å². The fraction of sp³-hybridized carbons (Fsp3) is 0.0909. The van der Waals surface area contributed by atoms with Gasteiger partial charge in [-0.2, -0.15) is 5.26 Å². The molecule has 0 aliphatic carbocycles. The molecule has 0 fully saturated rings. The second-order valence-electron chi connectivity index (χ2n) is 3.05. The van der Waals surface area contributed by atoms with E-state index in [1.165, 1.54) is 17.4 Å². The summed E-state index contributed by atoms with van der Waals surface area (Å²) in [5.41, 5.74) is 0.900. The van der Waals surface area contributed by atoms with Gasteiger partial charge in [-0.25, -0.2) is 9.37 Å². The molecular weight excluding hydrogens is 211 g/mol. The maximum absolute atomic E-state index is 13.1. The Bertz CT molecular complexity index is 540. The van der Waals surface area contributed by atoms with Gasteiger partial charge < -0.3 is 0 Å². The smallest absolute Gasteiger partial charge is 0.140 e. The van der Waals surface area contributed by atoms with Crippen LogP contribution in [0.3, 0.4) is 0 Å². The monoisotopic (exact) mass is 218 g/mol. The van der Waals surface area contributed by atoms with E-state index in [1.807, 2.05) is 13.0 Å². The minimum atomic E-state index is -0.484. The molecule has 2 nitrogen and oxygen atoms in total. The summed E-state index contributed by atoms with van der Waals surface area (Å²) in [6.07, 6.45) is 1.73. The molecule has 0 amide bonds. The number of aryl methyl sites for hydroxylation is 1. The van der Waals surface area contributed by atoms with Crippen molar-refractivity contribution in [2.45, 2.75) is 6.92 Å². The van der Waals surface area contributed by atoms with Gasteiger partial charge in [-0.15, -0.1) is 11.3 Å². The molecule has 0 aliphatic heterocycles. The summed E-state index contributed by atoms with van der Waals surface area (Å²) in [6.45, 7) is 1.91. The minimum absolute atomic E-state index is 0.0681. The van der Waals surface area contributed by atoms with Crippen molar-refractivity contribution in [1.29, 1.82) is 5.26 Å². The molecule has 15 heavy (non-hydrogen) atoms. The van der Waals surface area contributed by atoms with E-state index in [4.69, 9.17) is 5.26 Å². The van der Waals surface area contributed by atoms with Gasteiger partial charge in [-0.1, -0.05) is 6.07 Å². The summed E-state index contributed by atoms with van der Waals surface area (Å²) in [5.74, 6) is -0.484. The van der Waals surface area contributed by atoms with Crippen LogP contribution in [-0.2, 0) is 0 Å². The number of benzene rings is 1. The Kier molecular flexibility index (Phi) is 2.48. The van der Waals surface area contributed by atoms with Gasteiger partial charge in [0.25, 0.3) is 0 Å². The number of nitrogens with zero attached hydrogens (tertiary/aromatic N) is 2. The lowest BCUT2D eigenvalue weighted by Crippen LogP contribution is -1.83. The number of aromatic nitrogens is 1. The van der Waals surface area contributed by atoms with Crippen molar-refractivity contribution in [2.24, 2.45) is 0 Å². The van der Waals surface area contributed by atoms with E-state index in [-0.39, 0.29) is 5.56 Å². The zero-order valence-corrected chi connectivity index (χ0v) is 8.81. The van der Waals surface area contributed by atoms with Crippen molar-refractivity contribution >= 4 is 11.3 Å². The largest absolute Gasteiger partial charge is 0.249 e. The van der Waals surface area contributed by atoms with Crippen LogP contribution in [0.5, 0.6) is 0 Å². The van der Waals surface area contributed by atoms with Crippen molar-refractivity contribution in [3.8, 4) is 16.5 Å². The third-order valence-electron chi connectivity index (χ3n) is 1.99. The summed E-state index contributed by atoms with van der Waals surface area (Å²) in [7, 11) is 0. The second kappa shape index (κ2) is 3.79. The fourth-order valence-corrected chi connectivity index (χ4v) is 2.03. The van der Waals surface area contributed by atoms with E-state index in [1.54, 1.807) is 18.3 Å². The molecule has 0 aliphatic rings. The van der Waals surface area contributed by atoms with E-state index in [2.05, 4.69) is 4.98 Å². The molecule has 0 atom stereocenters. The SMILES string of the molecule is Cc1ncc(-c2ccc(F)c(C#N)c2)s1. The molecule has 1 heterocycles. The third kappa shape index (κ3) is 1.88. The average molecular weight is 218 g/mol. The fourth-order valence-electron chi connectivity index (χ4n) is 1.26. The number of rotatable bonds is 1. The van der Waals surface area contributed by atoms with Gasteiger partial charge in [-0.05, 0) is 24.6 Å². The maximum atomic E-state index is 13.1. The molecule has 74 valence electrons. The van der Waals surface area contributed by atoms with Gasteiger partial charge in [0.15, 0.2) is 0 Å². The number of nitriles is 1. The van der Waals surface area contributed by atoms with Crippen LogP contribution < -0.4 is 0 Å². The standard InChI is InChI=1S/C11H7FN2S/c1-7-14-6-11(15-7)8-2-3-10(12)9(4-8)5-13/h2-4,6H,1H3. The molecule has 1 aromatic carbocycles. The molecule has 0 spiro atoms. The zero-order chi connectivity index (χ0) is 10.8. The van der Waals surface area contributed by atoms with Gasteiger partial charge >= 0.3 is 0 Å². The Morgan fingerprint density at radius 2 is 2.27 bits per heavy atom. The number of hydrogen-bond donors (Lipinski definition) is 0. The molecule has 0 bridgehead atoms. The summed E-state index contributed by atoms with van der Waals surface area (Å²) < 4.78 is 13.1. The second-order valence-corrected chi connectivity index (χ2v) is 4.28. The lowest BCUT2D eigenvalue weighted by Gasteiger charge is -1.97. The number of hydrogen-bond acceptors (Lipinski definition) is 3. The number of thiazole rings is 1. The van der Waals surface area contributed by atoms with Gasteiger partial charge in [0.05, 0.1) is 15.4 Å². The summed E-state index contributed by atoms with van der Waals surface area (Å²) in [5, 5.41) is 9.64.